The molecular formula is C16H25N3O. The van der Waals surface area contributed by atoms with E-state index in [1.807, 2.05) is 12.4 Å². The summed E-state index contributed by atoms with van der Waals surface area (Å²) in [6, 6.07) is 4.57. The lowest BCUT2D eigenvalue weighted by atomic mass is 9.70. The first-order valence-electron chi connectivity index (χ1n) is 7.80. The Morgan fingerprint density at radius 1 is 1.40 bits per heavy atom. The van der Waals surface area contributed by atoms with Crippen molar-refractivity contribution in [1.29, 1.82) is 0 Å². The topological polar surface area (TPSA) is 60.2 Å². The molecule has 1 aliphatic carbocycles. The molecule has 1 saturated carbocycles. The fourth-order valence-corrected chi connectivity index (χ4v) is 3.66. The SMILES string of the molecule is NNC(CCc1ccncc1)C1CCOC2(CCC2)C1. The number of nitrogens with zero attached hydrogens (tertiary/aromatic N) is 1. The molecule has 0 bridgehead atoms. The number of nitrogens with two attached hydrogens (primary N) is 1. The van der Waals surface area contributed by atoms with Crippen LogP contribution in [0.25, 0.3) is 0 Å². The zero-order valence-electron chi connectivity index (χ0n) is 12.1. The van der Waals surface area contributed by atoms with Gasteiger partial charge in [-0.15, -0.1) is 0 Å². The van der Waals surface area contributed by atoms with Crippen LogP contribution < -0.4 is 11.3 Å². The molecule has 1 aromatic heterocycles. The lowest BCUT2D eigenvalue weighted by Gasteiger charge is -2.48. The Morgan fingerprint density at radius 3 is 2.85 bits per heavy atom. The number of aryl methyl sites for hydroxylation is 1. The van der Waals surface area contributed by atoms with Crippen LogP contribution in [0.15, 0.2) is 24.5 Å². The standard InChI is InChI=1S/C16H25N3O/c17-19-15(3-2-13-4-9-18-10-5-13)14-6-11-20-16(12-14)7-1-8-16/h4-5,9-10,14-15,19H,1-3,6-8,11-12,17H2. The number of nitrogens with one attached hydrogen (secondary N) is 1. The molecule has 3 N–H and O–H groups in total. The lowest BCUT2D eigenvalue weighted by molar-refractivity contribution is -0.147. The van der Waals surface area contributed by atoms with Gasteiger partial charge in [0, 0.05) is 25.0 Å². The van der Waals surface area contributed by atoms with Gasteiger partial charge in [0.05, 0.1) is 5.60 Å². The van der Waals surface area contributed by atoms with Gasteiger partial charge in [0.25, 0.3) is 0 Å². The van der Waals surface area contributed by atoms with Crippen LogP contribution in [0.2, 0.25) is 0 Å². The molecule has 2 unspecified atom stereocenters. The zero-order chi connectivity index (χ0) is 13.8. The summed E-state index contributed by atoms with van der Waals surface area (Å²) >= 11 is 0. The number of pyridine rings is 1. The maximum absolute atomic E-state index is 6.01. The minimum absolute atomic E-state index is 0.203. The maximum atomic E-state index is 6.01. The van der Waals surface area contributed by atoms with E-state index in [1.165, 1.54) is 31.2 Å². The Hall–Kier alpha value is -0.970. The van der Waals surface area contributed by atoms with Gasteiger partial charge in [-0.05, 0) is 68.6 Å². The highest BCUT2D eigenvalue weighted by molar-refractivity contribution is 5.10. The van der Waals surface area contributed by atoms with Crippen LogP contribution in [0.3, 0.4) is 0 Å². The number of hydrogen-bond donors (Lipinski definition) is 2. The van der Waals surface area contributed by atoms with E-state index in [4.69, 9.17) is 10.6 Å². The first kappa shape index (κ1) is 14.0. The van der Waals surface area contributed by atoms with Gasteiger partial charge < -0.3 is 4.74 Å². The van der Waals surface area contributed by atoms with Gasteiger partial charge in [0.2, 0.25) is 0 Å². The quantitative estimate of drug-likeness (QED) is 0.639. The van der Waals surface area contributed by atoms with Crippen LogP contribution in [0.5, 0.6) is 0 Å². The maximum Gasteiger partial charge on any atom is 0.0685 e. The lowest BCUT2D eigenvalue weighted by Crippen LogP contribution is -2.51. The average molecular weight is 275 g/mol. The molecule has 4 nitrogen and oxygen atoms in total. The molecule has 0 aromatic carbocycles. The van der Waals surface area contributed by atoms with Gasteiger partial charge in [0.1, 0.15) is 0 Å². The summed E-state index contributed by atoms with van der Waals surface area (Å²) in [4.78, 5) is 4.06. The van der Waals surface area contributed by atoms with E-state index in [1.54, 1.807) is 0 Å². The third-order valence-electron chi connectivity index (χ3n) is 5.07. The molecule has 3 rings (SSSR count). The molecular weight excluding hydrogens is 250 g/mol. The normalized spacial score (nSPS) is 26.1. The number of aromatic nitrogens is 1. The molecule has 1 saturated heterocycles. The fraction of sp³-hybridized carbons (Fsp3) is 0.688. The Morgan fingerprint density at radius 2 is 2.20 bits per heavy atom. The molecule has 2 heterocycles. The number of hydrogen-bond acceptors (Lipinski definition) is 4. The number of hydrazine groups is 1. The van der Waals surface area contributed by atoms with Crippen molar-refractivity contribution < 1.29 is 4.74 Å². The van der Waals surface area contributed by atoms with Crippen LogP contribution in [0, 0.1) is 5.92 Å². The van der Waals surface area contributed by atoms with Crippen molar-refractivity contribution >= 4 is 0 Å². The highest BCUT2D eigenvalue weighted by atomic mass is 16.5. The Kier molecular flexibility index (Phi) is 4.34. The molecule has 20 heavy (non-hydrogen) atoms. The van der Waals surface area contributed by atoms with Gasteiger partial charge in [0.15, 0.2) is 0 Å². The van der Waals surface area contributed by atoms with Gasteiger partial charge >= 0.3 is 0 Å². The van der Waals surface area contributed by atoms with Gasteiger partial charge in [-0.1, -0.05) is 0 Å². The molecule has 1 aromatic rings. The van der Waals surface area contributed by atoms with Crippen molar-refractivity contribution in [2.24, 2.45) is 11.8 Å². The van der Waals surface area contributed by atoms with E-state index in [0.717, 1.165) is 25.9 Å². The largest absolute Gasteiger partial charge is 0.375 e. The average Bonchev–Trinajstić information content (AvgIpc) is 2.48. The minimum atomic E-state index is 0.203. The zero-order valence-corrected chi connectivity index (χ0v) is 12.1. The van der Waals surface area contributed by atoms with Crippen LogP contribution >= 0.6 is 0 Å². The van der Waals surface area contributed by atoms with Crippen molar-refractivity contribution in [3.8, 4) is 0 Å². The smallest absolute Gasteiger partial charge is 0.0685 e. The molecule has 2 fully saturated rings. The van der Waals surface area contributed by atoms with E-state index in [2.05, 4.69) is 22.5 Å². The second-order valence-corrected chi connectivity index (χ2v) is 6.31. The monoisotopic (exact) mass is 275 g/mol. The Bertz CT molecular complexity index is 419. The predicted octanol–water partition coefficient (Wildman–Crippen LogP) is 2.20. The van der Waals surface area contributed by atoms with E-state index in [9.17, 15) is 0 Å². The summed E-state index contributed by atoms with van der Waals surface area (Å²) < 4.78 is 6.01. The Labute approximate surface area is 121 Å². The van der Waals surface area contributed by atoms with Gasteiger partial charge in [-0.25, -0.2) is 0 Å². The molecule has 0 radical (unpaired) electrons. The third-order valence-corrected chi connectivity index (χ3v) is 5.07. The summed E-state index contributed by atoms with van der Waals surface area (Å²) in [6.07, 6.45) is 12.0. The van der Waals surface area contributed by atoms with E-state index >= 15 is 0 Å². The number of rotatable bonds is 5. The predicted molar refractivity (Wildman–Crippen MR) is 78.9 cm³/mol. The molecule has 0 amide bonds. The third kappa shape index (κ3) is 3.03. The van der Waals surface area contributed by atoms with E-state index < -0.39 is 0 Å². The van der Waals surface area contributed by atoms with Crippen molar-refractivity contribution in [3.63, 3.8) is 0 Å². The van der Waals surface area contributed by atoms with Crippen molar-refractivity contribution in [2.75, 3.05) is 6.61 Å². The molecule has 2 atom stereocenters. The molecule has 110 valence electrons. The van der Waals surface area contributed by atoms with Gasteiger partial charge in [-0.2, -0.15) is 0 Å². The molecule has 2 aliphatic rings. The minimum Gasteiger partial charge on any atom is -0.375 e. The van der Waals surface area contributed by atoms with Crippen molar-refractivity contribution in [3.05, 3.63) is 30.1 Å². The summed E-state index contributed by atoms with van der Waals surface area (Å²) in [5.74, 6) is 6.46. The second kappa shape index (κ2) is 6.20. The summed E-state index contributed by atoms with van der Waals surface area (Å²) in [5.41, 5.74) is 4.60. The number of ether oxygens (including phenoxy) is 1. The molecule has 1 aliphatic heterocycles. The highest BCUT2D eigenvalue weighted by Crippen LogP contribution is 2.45. The Balaban J connectivity index is 1.55. The fourth-order valence-electron chi connectivity index (χ4n) is 3.66. The summed E-state index contributed by atoms with van der Waals surface area (Å²) in [7, 11) is 0. The first-order chi connectivity index (χ1) is 9.81. The first-order valence-corrected chi connectivity index (χ1v) is 7.80. The summed E-state index contributed by atoms with van der Waals surface area (Å²) in [6.45, 7) is 0.901. The van der Waals surface area contributed by atoms with Crippen LogP contribution in [0.1, 0.15) is 44.1 Å². The van der Waals surface area contributed by atoms with Crippen LogP contribution in [-0.4, -0.2) is 23.2 Å². The molecule has 4 heteroatoms. The van der Waals surface area contributed by atoms with Crippen molar-refractivity contribution in [2.45, 2.75) is 56.6 Å². The van der Waals surface area contributed by atoms with Crippen molar-refractivity contribution in [1.82, 2.24) is 10.4 Å². The van der Waals surface area contributed by atoms with Crippen LogP contribution in [-0.2, 0) is 11.2 Å². The highest BCUT2D eigenvalue weighted by Gasteiger charge is 2.43. The second-order valence-electron chi connectivity index (χ2n) is 6.31. The summed E-state index contributed by atoms with van der Waals surface area (Å²) in [5, 5.41) is 0. The van der Waals surface area contributed by atoms with E-state index in [-0.39, 0.29) is 5.60 Å². The van der Waals surface area contributed by atoms with Crippen LogP contribution in [0.4, 0.5) is 0 Å². The molecule has 1 spiro atoms. The van der Waals surface area contributed by atoms with Gasteiger partial charge in [-0.3, -0.25) is 16.3 Å². The van der Waals surface area contributed by atoms with E-state index in [0.29, 0.717) is 12.0 Å².